The van der Waals surface area contributed by atoms with E-state index < -0.39 is 0 Å². The van der Waals surface area contributed by atoms with Crippen molar-refractivity contribution in [3.05, 3.63) is 11.6 Å². The van der Waals surface area contributed by atoms with Gasteiger partial charge in [-0.25, -0.2) is 0 Å². The van der Waals surface area contributed by atoms with Gasteiger partial charge in [-0.1, -0.05) is 11.3 Å². The molecule has 0 saturated heterocycles. The number of thiophene rings is 1. The fourth-order valence-electron chi connectivity index (χ4n) is 0.660. The average Bonchev–Trinajstić information content (AvgIpc) is 2.13. The van der Waals surface area contributed by atoms with E-state index in [1.807, 2.05) is 13.0 Å². The number of nitrogen functional groups attached to an aromatic ring is 1. The topological polar surface area (TPSA) is 59.1 Å². The Morgan fingerprint density at radius 3 is 2.90 bits per heavy atom. The van der Waals surface area contributed by atoms with Crippen LogP contribution in [0.3, 0.4) is 0 Å². The van der Waals surface area contributed by atoms with Gasteiger partial charge >= 0.3 is 0 Å². The van der Waals surface area contributed by atoms with Gasteiger partial charge in [0, 0.05) is 5.56 Å². The molecule has 0 saturated carbocycles. The summed E-state index contributed by atoms with van der Waals surface area (Å²) in [5.41, 5.74) is 6.45. The monoisotopic (exact) mass is 156 g/mol. The Balaban J connectivity index is 2.91. The molecule has 0 aliphatic carbocycles. The van der Waals surface area contributed by atoms with Gasteiger partial charge in [-0.15, -0.1) is 0 Å². The van der Waals surface area contributed by atoms with Gasteiger partial charge < -0.3 is 10.5 Å². The Morgan fingerprint density at radius 2 is 2.50 bits per heavy atom. The van der Waals surface area contributed by atoms with Gasteiger partial charge in [0.25, 0.3) is 0 Å². The molecule has 0 spiro atoms. The largest absolute Gasteiger partial charge is 0.435 e. The summed E-state index contributed by atoms with van der Waals surface area (Å²) >= 11 is 1.34. The molecule has 10 heavy (non-hydrogen) atoms. The number of aryl methyl sites for hydroxylation is 1. The lowest BCUT2D eigenvalue weighted by Gasteiger charge is -1.92. The van der Waals surface area contributed by atoms with Gasteiger partial charge in [0.2, 0.25) is 0 Å². The van der Waals surface area contributed by atoms with E-state index in [1.54, 1.807) is 0 Å². The van der Waals surface area contributed by atoms with Crippen LogP contribution in [0, 0.1) is 12.3 Å². The van der Waals surface area contributed by atoms with Crippen LogP contribution in [0.2, 0.25) is 0 Å². The zero-order valence-corrected chi connectivity index (χ0v) is 6.37. The van der Waals surface area contributed by atoms with Crippen LogP contribution in [-0.2, 0) is 0 Å². The lowest BCUT2D eigenvalue weighted by molar-refractivity contribution is 0.582. The minimum absolute atomic E-state index is 0.701. The van der Waals surface area contributed by atoms with E-state index in [9.17, 15) is 0 Å². The van der Waals surface area contributed by atoms with Crippen LogP contribution in [0.4, 0.5) is 5.00 Å². The van der Waals surface area contributed by atoms with Gasteiger partial charge in [0.05, 0.1) is 5.00 Å². The molecule has 0 unspecified atom stereocenters. The normalized spacial score (nSPS) is 9.30. The van der Waals surface area contributed by atoms with Crippen LogP contribution < -0.4 is 10.5 Å². The Hall–Kier alpha value is -1.03. The Kier molecular flexibility index (Phi) is 1.91. The van der Waals surface area contributed by atoms with E-state index in [0.717, 1.165) is 12.0 Å². The number of rotatable bonds is 2. The average molecular weight is 156 g/mol. The molecule has 3 N–H and O–H groups in total. The van der Waals surface area contributed by atoms with Gasteiger partial charge in [-0.3, -0.25) is 5.41 Å². The summed E-state index contributed by atoms with van der Waals surface area (Å²) in [6.07, 6.45) is 0.901. The molecule has 1 aromatic heterocycles. The van der Waals surface area contributed by atoms with Crippen molar-refractivity contribution in [2.24, 2.45) is 0 Å². The molecular formula is C6H8N2OS. The molecule has 54 valence electrons. The standard InChI is InChI=1S/C6H8N2OS/c1-4-2-5(8)10-6(4)9-3-7/h2-3,7H,8H2,1H3. The van der Waals surface area contributed by atoms with Crippen LogP contribution in [0.25, 0.3) is 0 Å². The number of nitrogens with two attached hydrogens (primary N) is 1. The number of hydrogen-bond acceptors (Lipinski definition) is 4. The molecule has 4 heteroatoms. The quantitative estimate of drug-likeness (QED) is 0.505. The molecule has 3 nitrogen and oxygen atoms in total. The molecule has 0 aliphatic rings. The van der Waals surface area contributed by atoms with Crippen molar-refractivity contribution in [2.75, 3.05) is 5.73 Å². The van der Waals surface area contributed by atoms with Gasteiger partial charge in [-0.05, 0) is 13.0 Å². The first-order valence-electron chi connectivity index (χ1n) is 2.75. The lowest BCUT2D eigenvalue weighted by Crippen LogP contribution is -1.84. The van der Waals surface area contributed by atoms with Crippen LogP contribution in [0.5, 0.6) is 5.06 Å². The smallest absolute Gasteiger partial charge is 0.187 e. The fraction of sp³-hybridized carbons (Fsp3) is 0.167. The van der Waals surface area contributed by atoms with Crippen LogP contribution in [0.15, 0.2) is 6.07 Å². The maximum atomic E-state index is 6.66. The number of hydrogen-bond donors (Lipinski definition) is 2. The van der Waals surface area contributed by atoms with Gasteiger partial charge in [-0.2, -0.15) is 0 Å². The molecule has 0 fully saturated rings. The maximum absolute atomic E-state index is 6.66. The Labute approximate surface area is 62.9 Å². The van der Waals surface area contributed by atoms with E-state index in [0.29, 0.717) is 10.1 Å². The van der Waals surface area contributed by atoms with Crippen molar-refractivity contribution in [1.82, 2.24) is 0 Å². The summed E-state index contributed by atoms with van der Waals surface area (Å²) in [4.78, 5) is 0. The summed E-state index contributed by atoms with van der Waals surface area (Å²) in [5.74, 6) is 0. The maximum Gasteiger partial charge on any atom is 0.187 e. The second-order valence-electron chi connectivity index (χ2n) is 1.85. The van der Waals surface area contributed by atoms with E-state index in [1.165, 1.54) is 11.3 Å². The Morgan fingerprint density at radius 1 is 1.80 bits per heavy atom. The van der Waals surface area contributed by atoms with Crippen molar-refractivity contribution in [2.45, 2.75) is 6.92 Å². The van der Waals surface area contributed by atoms with Crippen LogP contribution >= 0.6 is 11.3 Å². The third-order valence-corrected chi connectivity index (χ3v) is 2.01. The molecule has 0 amide bonds. The molecule has 0 aliphatic heterocycles. The van der Waals surface area contributed by atoms with E-state index in [-0.39, 0.29) is 0 Å². The second-order valence-corrected chi connectivity index (χ2v) is 2.90. The van der Waals surface area contributed by atoms with Crippen molar-refractivity contribution >= 4 is 22.7 Å². The molecule has 0 aromatic carbocycles. The van der Waals surface area contributed by atoms with Crippen LogP contribution in [-0.4, -0.2) is 6.40 Å². The third kappa shape index (κ3) is 1.27. The highest BCUT2D eigenvalue weighted by Crippen LogP contribution is 2.30. The predicted molar refractivity (Wildman–Crippen MR) is 42.9 cm³/mol. The zero-order chi connectivity index (χ0) is 7.56. The van der Waals surface area contributed by atoms with Gasteiger partial charge in [0.15, 0.2) is 11.5 Å². The highest BCUT2D eigenvalue weighted by Gasteiger charge is 2.01. The molecule has 0 bridgehead atoms. The first-order chi connectivity index (χ1) is 4.74. The fourth-order valence-corrected chi connectivity index (χ4v) is 1.43. The third-order valence-electron chi connectivity index (χ3n) is 1.06. The van der Waals surface area contributed by atoms with Crippen molar-refractivity contribution < 1.29 is 4.74 Å². The van der Waals surface area contributed by atoms with E-state index in [4.69, 9.17) is 15.9 Å². The molecule has 1 rings (SSSR count). The minimum Gasteiger partial charge on any atom is -0.435 e. The number of ether oxygens (including phenoxy) is 1. The first kappa shape index (κ1) is 7.08. The highest BCUT2D eigenvalue weighted by molar-refractivity contribution is 7.17. The van der Waals surface area contributed by atoms with Crippen molar-refractivity contribution in [1.29, 1.82) is 5.41 Å². The van der Waals surface area contributed by atoms with Crippen molar-refractivity contribution in [3.8, 4) is 5.06 Å². The van der Waals surface area contributed by atoms with E-state index in [2.05, 4.69) is 0 Å². The predicted octanol–water partition coefficient (Wildman–Crippen LogP) is 1.62. The minimum atomic E-state index is 0.701. The highest BCUT2D eigenvalue weighted by atomic mass is 32.1. The summed E-state index contributed by atoms with van der Waals surface area (Å²) in [7, 11) is 0. The number of anilines is 1. The second kappa shape index (κ2) is 2.70. The zero-order valence-electron chi connectivity index (χ0n) is 5.55. The summed E-state index contributed by atoms with van der Waals surface area (Å²) in [5, 5.41) is 8.08. The van der Waals surface area contributed by atoms with Crippen molar-refractivity contribution in [3.63, 3.8) is 0 Å². The number of nitrogens with one attached hydrogen (secondary N) is 1. The summed E-state index contributed by atoms with van der Waals surface area (Å²) in [6, 6.07) is 1.82. The SMILES string of the molecule is Cc1cc(N)sc1OC=N. The summed E-state index contributed by atoms with van der Waals surface area (Å²) in [6.45, 7) is 1.89. The Bertz CT molecular complexity index is 244. The molecule has 1 heterocycles. The molecule has 0 radical (unpaired) electrons. The summed E-state index contributed by atoms with van der Waals surface area (Å²) < 4.78 is 4.84. The van der Waals surface area contributed by atoms with Gasteiger partial charge in [0.1, 0.15) is 0 Å². The van der Waals surface area contributed by atoms with E-state index >= 15 is 0 Å². The molecule has 0 atom stereocenters. The molecular weight excluding hydrogens is 148 g/mol. The van der Waals surface area contributed by atoms with Crippen LogP contribution in [0.1, 0.15) is 5.56 Å². The lowest BCUT2D eigenvalue weighted by atomic mass is 10.4. The molecule has 1 aromatic rings. The first-order valence-corrected chi connectivity index (χ1v) is 3.57.